The van der Waals surface area contributed by atoms with Crippen LogP contribution in [-0.2, 0) is 0 Å². The van der Waals surface area contributed by atoms with Crippen LogP contribution in [0.1, 0.15) is 17.9 Å². The van der Waals surface area contributed by atoms with E-state index in [9.17, 15) is 4.39 Å². The second-order valence-electron chi connectivity index (χ2n) is 3.67. The third-order valence-electron chi connectivity index (χ3n) is 2.78. The van der Waals surface area contributed by atoms with Crippen LogP contribution >= 0.6 is 15.9 Å². The van der Waals surface area contributed by atoms with E-state index in [1.54, 1.807) is 6.07 Å². The van der Waals surface area contributed by atoms with Crippen molar-refractivity contribution < 1.29 is 9.13 Å². The molecule has 0 aromatic heterocycles. The zero-order valence-electron chi connectivity index (χ0n) is 8.52. The Morgan fingerprint density at radius 3 is 2.93 bits per heavy atom. The Labute approximate surface area is 96.9 Å². The van der Waals surface area contributed by atoms with Crippen molar-refractivity contribution in [1.29, 1.82) is 0 Å². The first-order chi connectivity index (χ1) is 7.24. The maximum atomic E-state index is 14.0. The predicted octanol–water partition coefficient (Wildman–Crippen LogP) is 2.67. The molecule has 0 amide bonds. The lowest BCUT2D eigenvalue weighted by Crippen LogP contribution is -2.10. The Hall–Kier alpha value is -0.610. The number of ether oxygens (including phenoxy) is 1. The lowest BCUT2D eigenvalue weighted by atomic mass is 9.97. The van der Waals surface area contributed by atoms with Crippen LogP contribution in [0.3, 0.4) is 0 Å². The van der Waals surface area contributed by atoms with Crippen molar-refractivity contribution in [2.45, 2.75) is 12.3 Å². The highest BCUT2D eigenvalue weighted by Gasteiger charge is 2.24. The molecule has 1 heterocycles. The van der Waals surface area contributed by atoms with Crippen LogP contribution in [0.15, 0.2) is 16.6 Å². The highest BCUT2D eigenvalue weighted by Crippen LogP contribution is 2.35. The van der Waals surface area contributed by atoms with E-state index < -0.39 is 0 Å². The number of hydrogen-bond acceptors (Lipinski definition) is 2. The Balaban J connectivity index is 2.43. The molecule has 0 bridgehead atoms. The van der Waals surface area contributed by atoms with Gasteiger partial charge in [-0.25, -0.2) is 4.39 Å². The highest BCUT2D eigenvalue weighted by molar-refractivity contribution is 9.10. The fourth-order valence-electron chi connectivity index (χ4n) is 1.98. The predicted molar refractivity (Wildman–Crippen MR) is 60.9 cm³/mol. The SMILES string of the molecule is COc1ccc(Br)c(C2CCNC2)c1F. The maximum Gasteiger partial charge on any atom is 0.169 e. The standard InChI is InChI=1S/C11H13BrFNO/c1-15-9-3-2-8(12)10(11(9)13)7-4-5-14-6-7/h2-3,7,14H,4-6H2,1H3. The molecule has 1 aromatic rings. The van der Waals surface area contributed by atoms with Gasteiger partial charge in [-0.05, 0) is 25.1 Å². The number of rotatable bonds is 2. The Bertz CT molecular complexity index is 364. The molecule has 0 saturated carbocycles. The number of hydrogen-bond donors (Lipinski definition) is 1. The lowest BCUT2D eigenvalue weighted by Gasteiger charge is -2.14. The van der Waals surface area contributed by atoms with E-state index in [2.05, 4.69) is 21.2 Å². The minimum Gasteiger partial charge on any atom is -0.494 e. The van der Waals surface area contributed by atoms with Gasteiger partial charge >= 0.3 is 0 Å². The lowest BCUT2D eigenvalue weighted by molar-refractivity contribution is 0.382. The monoisotopic (exact) mass is 273 g/mol. The molecule has 2 rings (SSSR count). The van der Waals surface area contributed by atoms with Crippen LogP contribution in [0.25, 0.3) is 0 Å². The molecule has 1 fully saturated rings. The first kappa shape index (κ1) is 10.9. The molecule has 1 atom stereocenters. The topological polar surface area (TPSA) is 21.3 Å². The summed E-state index contributed by atoms with van der Waals surface area (Å²) >= 11 is 3.40. The molecule has 0 aliphatic carbocycles. The summed E-state index contributed by atoms with van der Waals surface area (Å²) in [4.78, 5) is 0. The average molecular weight is 274 g/mol. The third kappa shape index (κ3) is 2.01. The second kappa shape index (κ2) is 4.49. The molecular weight excluding hydrogens is 261 g/mol. The summed E-state index contributed by atoms with van der Waals surface area (Å²) < 4.78 is 19.8. The molecule has 2 nitrogen and oxygen atoms in total. The summed E-state index contributed by atoms with van der Waals surface area (Å²) in [6, 6.07) is 3.49. The van der Waals surface area contributed by atoms with Gasteiger partial charge in [0, 0.05) is 22.5 Å². The highest BCUT2D eigenvalue weighted by atomic mass is 79.9. The molecule has 1 unspecified atom stereocenters. The van der Waals surface area contributed by atoms with E-state index in [1.165, 1.54) is 7.11 Å². The van der Waals surface area contributed by atoms with E-state index in [-0.39, 0.29) is 11.7 Å². The normalized spacial score (nSPS) is 20.6. The average Bonchev–Trinajstić information content (AvgIpc) is 2.71. The molecule has 0 radical (unpaired) electrons. The number of halogens is 2. The van der Waals surface area contributed by atoms with Gasteiger partial charge in [-0.1, -0.05) is 15.9 Å². The van der Waals surface area contributed by atoms with Crippen molar-refractivity contribution in [3.05, 3.63) is 28.0 Å². The summed E-state index contributed by atoms with van der Waals surface area (Å²) in [5.74, 6) is 0.329. The summed E-state index contributed by atoms with van der Waals surface area (Å²) in [6.45, 7) is 1.79. The van der Waals surface area contributed by atoms with Crippen molar-refractivity contribution >= 4 is 15.9 Å². The van der Waals surface area contributed by atoms with Crippen LogP contribution < -0.4 is 10.1 Å². The van der Waals surface area contributed by atoms with E-state index in [4.69, 9.17) is 4.74 Å². The quantitative estimate of drug-likeness (QED) is 0.895. The van der Waals surface area contributed by atoms with E-state index in [0.29, 0.717) is 5.75 Å². The molecule has 0 spiro atoms. The molecule has 1 N–H and O–H groups in total. The Kier molecular flexibility index (Phi) is 3.26. The smallest absolute Gasteiger partial charge is 0.169 e. The van der Waals surface area contributed by atoms with Gasteiger partial charge in [0.05, 0.1) is 7.11 Å². The first-order valence-corrected chi connectivity index (χ1v) is 5.76. The molecule has 1 aliphatic heterocycles. The molecule has 4 heteroatoms. The van der Waals surface area contributed by atoms with Crippen LogP contribution in [-0.4, -0.2) is 20.2 Å². The van der Waals surface area contributed by atoms with Gasteiger partial charge in [0.1, 0.15) is 0 Å². The van der Waals surface area contributed by atoms with Crippen molar-refractivity contribution in [3.63, 3.8) is 0 Å². The molecule has 1 aromatic carbocycles. The van der Waals surface area contributed by atoms with Crippen LogP contribution in [0.2, 0.25) is 0 Å². The van der Waals surface area contributed by atoms with E-state index in [1.807, 2.05) is 6.07 Å². The van der Waals surface area contributed by atoms with Gasteiger partial charge in [0.25, 0.3) is 0 Å². The summed E-state index contributed by atoms with van der Waals surface area (Å²) in [5, 5.41) is 3.23. The molecule has 82 valence electrons. The Morgan fingerprint density at radius 2 is 2.33 bits per heavy atom. The van der Waals surface area contributed by atoms with Crippen molar-refractivity contribution in [1.82, 2.24) is 5.32 Å². The first-order valence-electron chi connectivity index (χ1n) is 4.96. The number of benzene rings is 1. The number of methoxy groups -OCH3 is 1. The van der Waals surface area contributed by atoms with Gasteiger partial charge in [-0.15, -0.1) is 0 Å². The van der Waals surface area contributed by atoms with E-state index >= 15 is 0 Å². The molecular formula is C11H13BrFNO. The maximum absolute atomic E-state index is 14.0. The van der Waals surface area contributed by atoms with Gasteiger partial charge in [0.2, 0.25) is 0 Å². The van der Waals surface area contributed by atoms with Gasteiger partial charge in [-0.2, -0.15) is 0 Å². The van der Waals surface area contributed by atoms with Gasteiger partial charge < -0.3 is 10.1 Å². The van der Waals surface area contributed by atoms with Crippen LogP contribution in [0.5, 0.6) is 5.75 Å². The summed E-state index contributed by atoms with van der Waals surface area (Å²) in [5.41, 5.74) is 0.736. The van der Waals surface area contributed by atoms with Gasteiger partial charge in [0.15, 0.2) is 11.6 Å². The summed E-state index contributed by atoms with van der Waals surface area (Å²) in [7, 11) is 1.49. The van der Waals surface area contributed by atoms with Crippen molar-refractivity contribution in [2.75, 3.05) is 20.2 Å². The zero-order chi connectivity index (χ0) is 10.8. The molecule has 1 aliphatic rings. The zero-order valence-corrected chi connectivity index (χ0v) is 10.1. The minimum absolute atomic E-state index is 0.236. The van der Waals surface area contributed by atoms with Crippen LogP contribution in [0.4, 0.5) is 4.39 Å². The van der Waals surface area contributed by atoms with Crippen molar-refractivity contribution in [3.8, 4) is 5.75 Å². The van der Waals surface area contributed by atoms with E-state index in [0.717, 1.165) is 29.5 Å². The minimum atomic E-state index is -0.236. The fourth-order valence-corrected chi connectivity index (χ4v) is 2.61. The van der Waals surface area contributed by atoms with Gasteiger partial charge in [-0.3, -0.25) is 0 Å². The second-order valence-corrected chi connectivity index (χ2v) is 4.52. The fraction of sp³-hybridized carbons (Fsp3) is 0.455. The molecule has 1 saturated heterocycles. The third-order valence-corrected chi connectivity index (χ3v) is 3.47. The number of nitrogens with one attached hydrogen (secondary N) is 1. The Morgan fingerprint density at radius 1 is 1.53 bits per heavy atom. The van der Waals surface area contributed by atoms with Crippen LogP contribution in [0, 0.1) is 5.82 Å². The van der Waals surface area contributed by atoms with Crippen molar-refractivity contribution in [2.24, 2.45) is 0 Å². The summed E-state index contributed by atoms with van der Waals surface area (Å²) in [6.07, 6.45) is 0.975. The largest absolute Gasteiger partial charge is 0.494 e. The molecule has 15 heavy (non-hydrogen) atoms.